The minimum atomic E-state index is -0.601. The number of hydrogen-bond acceptors (Lipinski definition) is 5. The van der Waals surface area contributed by atoms with E-state index in [1.165, 1.54) is 0 Å². The topological polar surface area (TPSA) is 90.4 Å². The second-order valence-corrected chi connectivity index (χ2v) is 2.45. The van der Waals surface area contributed by atoms with Gasteiger partial charge in [-0.1, -0.05) is 25.9 Å². The minimum Gasteiger partial charge on any atom is -0.354 e. The third kappa shape index (κ3) is 3.31. The maximum absolute atomic E-state index is 10.9. The minimum absolute atomic E-state index is 0.107. The standard InChI is InChI=1S/C6H15N3O2/c1-3-4(2)5(7)6(10)11-9-8/h4-5,9H,3,7-8H2,1-2H3. The van der Waals surface area contributed by atoms with Gasteiger partial charge in [0.15, 0.2) is 0 Å². The molecule has 0 aliphatic rings. The van der Waals surface area contributed by atoms with Crippen LogP contribution in [0.1, 0.15) is 20.3 Å². The summed E-state index contributed by atoms with van der Waals surface area (Å²) < 4.78 is 0. The molecule has 5 heteroatoms. The first-order valence-corrected chi connectivity index (χ1v) is 3.55. The highest BCUT2D eigenvalue weighted by Gasteiger charge is 2.20. The highest BCUT2D eigenvalue weighted by atomic mass is 16.7. The lowest BCUT2D eigenvalue weighted by Crippen LogP contribution is -2.41. The van der Waals surface area contributed by atoms with Gasteiger partial charge in [-0.2, -0.15) is 0 Å². The van der Waals surface area contributed by atoms with E-state index in [0.29, 0.717) is 0 Å². The Hall–Kier alpha value is -0.650. The van der Waals surface area contributed by atoms with Crippen molar-refractivity contribution in [2.75, 3.05) is 0 Å². The van der Waals surface area contributed by atoms with Crippen LogP contribution in [0.4, 0.5) is 0 Å². The molecule has 0 aliphatic heterocycles. The predicted molar refractivity (Wildman–Crippen MR) is 40.8 cm³/mol. The van der Waals surface area contributed by atoms with Crippen LogP contribution in [0.3, 0.4) is 0 Å². The van der Waals surface area contributed by atoms with E-state index in [2.05, 4.69) is 4.84 Å². The first kappa shape index (κ1) is 10.3. The molecule has 66 valence electrons. The average Bonchev–Trinajstić information content (AvgIpc) is 2.02. The first-order chi connectivity index (χ1) is 5.13. The van der Waals surface area contributed by atoms with Gasteiger partial charge in [0.05, 0.1) is 0 Å². The van der Waals surface area contributed by atoms with Crippen molar-refractivity contribution in [2.24, 2.45) is 17.5 Å². The van der Waals surface area contributed by atoms with E-state index in [9.17, 15) is 4.79 Å². The second-order valence-electron chi connectivity index (χ2n) is 2.45. The van der Waals surface area contributed by atoms with Crippen LogP contribution in [0.25, 0.3) is 0 Å². The molecule has 2 atom stereocenters. The third-order valence-corrected chi connectivity index (χ3v) is 1.69. The van der Waals surface area contributed by atoms with Crippen LogP contribution in [-0.4, -0.2) is 12.0 Å². The maximum atomic E-state index is 10.9. The van der Waals surface area contributed by atoms with Gasteiger partial charge in [0, 0.05) is 0 Å². The second kappa shape index (κ2) is 5.06. The molecule has 0 saturated carbocycles. The number of hydrogen-bond donors (Lipinski definition) is 3. The number of nitrogens with one attached hydrogen (secondary N) is 1. The summed E-state index contributed by atoms with van der Waals surface area (Å²) in [6, 6.07) is -0.601. The van der Waals surface area contributed by atoms with Crippen LogP contribution in [0, 0.1) is 5.92 Å². The molecule has 11 heavy (non-hydrogen) atoms. The Morgan fingerprint density at radius 3 is 2.64 bits per heavy atom. The van der Waals surface area contributed by atoms with Crippen molar-refractivity contribution in [2.45, 2.75) is 26.3 Å². The normalized spacial score (nSPS) is 15.6. The van der Waals surface area contributed by atoms with Crippen molar-refractivity contribution in [3.63, 3.8) is 0 Å². The number of nitrogens with two attached hydrogens (primary N) is 2. The molecule has 0 saturated heterocycles. The molecule has 0 fully saturated rings. The van der Waals surface area contributed by atoms with Crippen LogP contribution in [0.5, 0.6) is 0 Å². The lowest BCUT2D eigenvalue weighted by Gasteiger charge is -2.15. The van der Waals surface area contributed by atoms with Gasteiger partial charge in [-0.3, -0.25) is 0 Å². The molecule has 0 radical (unpaired) electrons. The van der Waals surface area contributed by atoms with Gasteiger partial charge in [-0.05, 0) is 5.92 Å². The highest BCUT2D eigenvalue weighted by molar-refractivity contribution is 5.75. The van der Waals surface area contributed by atoms with E-state index in [1.807, 2.05) is 13.8 Å². The fourth-order valence-electron chi connectivity index (χ4n) is 0.612. The lowest BCUT2D eigenvalue weighted by molar-refractivity contribution is -0.154. The summed E-state index contributed by atoms with van der Waals surface area (Å²) in [7, 11) is 0. The van der Waals surface area contributed by atoms with Crippen LogP contribution >= 0.6 is 0 Å². The van der Waals surface area contributed by atoms with Crippen molar-refractivity contribution < 1.29 is 9.63 Å². The zero-order chi connectivity index (χ0) is 8.85. The monoisotopic (exact) mass is 161 g/mol. The average molecular weight is 161 g/mol. The van der Waals surface area contributed by atoms with Gasteiger partial charge in [-0.25, -0.2) is 10.6 Å². The Morgan fingerprint density at radius 1 is 1.73 bits per heavy atom. The zero-order valence-corrected chi connectivity index (χ0v) is 6.83. The van der Waals surface area contributed by atoms with Gasteiger partial charge in [0.25, 0.3) is 0 Å². The molecule has 0 amide bonds. The number of carbonyl (C=O) groups is 1. The zero-order valence-electron chi connectivity index (χ0n) is 6.83. The Bertz CT molecular complexity index is 129. The molecule has 0 bridgehead atoms. The van der Waals surface area contributed by atoms with Crippen molar-refractivity contribution in [1.29, 1.82) is 0 Å². The molecule has 2 unspecified atom stereocenters. The van der Waals surface area contributed by atoms with E-state index in [-0.39, 0.29) is 5.92 Å². The number of hydrazine groups is 1. The summed E-state index contributed by atoms with van der Waals surface area (Å²) >= 11 is 0. The lowest BCUT2D eigenvalue weighted by atomic mass is 10.0. The smallest absolute Gasteiger partial charge is 0.343 e. The van der Waals surface area contributed by atoms with Crippen molar-refractivity contribution in [3.05, 3.63) is 0 Å². The molecule has 0 aliphatic carbocycles. The molecule has 0 spiro atoms. The van der Waals surface area contributed by atoms with Gasteiger partial charge < -0.3 is 10.6 Å². The number of rotatable bonds is 4. The van der Waals surface area contributed by atoms with E-state index in [1.54, 1.807) is 5.59 Å². The van der Waals surface area contributed by atoms with E-state index >= 15 is 0 Å². The molecule has 0 rings (SSSR count). The Labute approximate surface area is 66.0 Å². The molecule has 5 N–H and O–H groups in total. The van der Waals surface area contributed by atoms with E-state index in [4.69, 9.17) is 11.6 Å². The van der Waals surface area contributed by atoms with Crippen LogP contribution in [0.2, 0.25) is 0 Å². The van der Waals surface area contributed by atoms with Crippen LogP contribution in [0.15, 0.2) is 0 Å². The van der Waals surface area contributed by atoms with Crippen molar-refractivity contribution in [3.8, 4) is 0 Å². The summed E-state index contributed by atoms with van der Waals surface area (Å²) in [5.74, 6) is 4.34. The summed E-state index contributed by atoms with van der Waals surface area (Å²) in [6.07, 6.45) is 0.834. The van der Waals surface area contributed by atoms with E-state index in [0.717, 1.165) is 6.42 Å². The highest BCUT2D eigenvalue weighted by Crippen LogP contribution is 2.05. The van der Waals surface area contributed by atoms with Crippen molar-refractivity contribution in [1.82, 2.24) is 5.59 Å². The summed E-state index contributed by atoms with van der Waals surface area (Å²) in [5, 5.41) is 0. The molecule has 0 aromatic rings. The van der Waals surface area contributed by atoms with Gasteiger partial charge in [-0.15, -0.1) is 0 Å². The number of carbonyl (C=O) groups excluding carboxylic acids is 1. The largest absolute Gasteiger partial charge is 0.354 e. The third-order valence-electron chi connectivity index (χ3n) is 1.69. The molecule has 0 heterocycles. The van der Waals surface area contributed by atoms with Crippen molar-refractivity contribution >= 4 is 5.97 Å². The van der Waals surface area contributed by atoms with Crippen LogP contribution < -0.4 is 17.2 Å². The predicted octanol–water partition coefficient (Wildman–Crippen LogP) is -0.719. The van der Waals surface area contributed by atoms with Gasteiger partial charge in [0.1, 0.15) is 6.04 Å². The fourth-order valence-corrected chi connectivity index (χ4v) is 0.612. The molecule has 5 nitrogen and oxygen atoms in total. The SMILES string of the molecule is CCC(C)C(N)C(=O)ONN. The fraction of sp³-hybridized carbons (Fsp3) is 0.833. The molecular weight excluding hydrogens is 146 g/mol. The summed E-state index contributed by atoms with van der Waals surface area (Å²) in [4.78, 5) is 15.1. The van der Waals surface area contributed by atoms with Gasteiger partial charge in [0.2, 0.25) is 0 Å². The molecule has 0 aromatic heterocycles. The Morgan fingerprint density at radius 2 is 2.27 bits per heavy atom. The summed E-state index contributed by atoms with van der Waals surface area (Å²) in [5.41, 5.74) is 7.29. The maximum Gasteiger partial charge on any atom is 0.343 e. The Kier molecular flexibility index (Phi) is 4.76. The molecular formula is C6H15N3O2. The quantitative estimate of drug-likeness (QED) is 0.374. The van der Waals surface area contributed by atoms with E-state index < -0.39 is 12.0 Å². The molecule has 0 aromatic carbocycles. The first-order valence-electron chi connectivity index (χ1n) is 3.55. The Balaban J connectivity index is 3.80. The van der Waals surface area contributed by atoms with Crippen LogP contribution in [-0.2, 0) is 9.63 Å². The summed E-state index contributed by atoms with van der Waals surface area (Å²) in [6.45, 7) is 3.83. The van der Waals surface area contributed by atoms with Gasteiger partial charge >= 0.3 is 5.97 Å².